The predicted octanol–water partition coefficient (Wildman–Crippen LogP) is 4.74. The number of hydrogen-bond acceptors (Lipinski definition) is 2. The molecular weight excluding hydrogens is 340 g/mol. The molecule has 0 amide bonds. The first-order chi connectivity index (χ1) is 10.1. The van der Waals surface area contributed by atoms with Gasteiger partial charge in [-0.1, -0.05) is 36.7 Å². The molecule has 2 rings (SSSR count). The Labute approximate surface area is 134 Å². The summed E-state index contributed by atoms with van der Waals surface area (Å²) in [5, 5.41) is 10.6. The Morgan fingerprint density at radius 1 is 1.36 bits per heavy atom. The van der Waals surface area contributed by atoms with E-state index < -0.39 is 23.2 Å². The molecule has 2 aromatic rings. The summed E-state index contributed by atoms with van der Waals surface area (Å²) in [4.78, 5) is 6.26. The van der Waals surface area contributed by atoms with Gasteiger partial charge in [-0.05, 0) is 18.6 Å². The minimum absolute atomic E-state index is 0.0991. The Morgan fingerprint density at radius 3 is 2.45 bits per heavy atom. The number of hydrogen-bond donors (Lipinski definition) is 2. The van der Waals surface area contributed by atoms with Crippen molar-refractivity contribution >= 4 is 34.2 Å². The van der Waals surface area contributed by atoms with E-state index >= 15 is 0 Å². The second-order valence-electron chi connectivity index (χ2n) is 4.59. The number of alkyl halides is 3. The van der Waals surface area contributed by atoms with E-state index in [1.165, 1.54) is 19.1 Å². The zero-order chi connectivity index (χ0) is 16.7. The lowest BCUT2D eigenvalue weighted by atomic mass is 9.90. The largest absolute Gasteiger partial charge is 0.429 e. The molecule has 3 nitrogen and oxygen atoms in total. The average Bonchev–Trinajstić information content (AvgIpc) is 2.82. The van der Waals surface area contributed by atoms with Gasteiger partial charge in [0.05, 0.1) is 21.1 Å². The summed E-state index contributed by atoms with van der Waals surface area (Å²) >= 11 is 11.6. The lowest BCUT2D eigenvalue weighted by molar-refractivity contribution is -0.253. The molecule has 1 unspecified atom stereocenters. The van der Waals surface area contributed by atoms with Gasteiger partial charge in [0.1, 0.15) is 0 Å². The summed E-state index contributed by atoms with van der Waals surface area (Å²) in [6.07, 6.45) is -5.09. The molecule has 8 heteroatoms. The molecule has 0 bridgehead atoms. The molecule has 0 saturated heterocycles. The van der Waals surface area contributed by atoms with E-state index in [2.05, 4.69) is 22.3 Å². The van der Waals surface area contributed by atoms with Crippen LogP contribution in [0.25, 0.3) is 11.0 Å². The van der Waals surface area contributed by atoms with Crippen molar-refractivity contribution < 1.29 is 18.3 Å². The maximum Gasteiger partial charge on any atom is 0.429 e. The van der Waals surface area contributed by atoms with E-state index in [1.807, 2.05) is 0 Å². The van der Waals surface area contributed by atoms with Crippen LogP contribution in [0.4, 0.5) is 13.2 Å². The highest BCUT2D eigenvalue weighted by atomic mass is 35.5. The molecule has 118 valence electrons. The van der Waals surface area contributed by atoms with Gasteiger partial charge in [0.15, 0.2) is 5.82 Å². The smallest absolute Gasteiger partial charge is 0.370 e. The predicted molar refractivity (Wildman–Crippen MR) is 79.0 cm³/mol. The second-order valence-corrected chi connectivity index (χ2v) is 5.40. The van der Waals surface area contributed by atoms with Crippen LogP contribution in [0.5, 0.6) is 0 Å². The van der Waals surface area contributed by atoms with Crippen LogP contribution < -0.4 is 0 Å². The molecule has 0 fully saturated rings. The second kappa shape index (κ2) is 5.63. The van der Waals surface area contributed by atoms with Crippen molar-refractivity contribution in [3.05, 3.63) is 45.9 Å². The molecule has 22 heavy (non-hydrogen) atoms. The van der Waals surface area contributed by atoms with E-state index in [1.54, 1.807) is 0 Å². The molecular formula is C14H11Cl2F3N2O. The Kier molecular flexibility index (Phi) is 4.33. The van der Waals surface area contributed by atoms with Crippen molar-refractivity contribution in [2.45, 2.75) is 25.1 Å². The van der Waals surface area contributed by atoms with E-state index in [9.17, 15) is 18.3 Å². The monoisotopic (exact) mass is 350 g/mol. The molecule has 0 aliphatic heterocycles. The molecule has 0 saturated carbocycles. The molecule has 1 aromatic heterocycles. The number of fused-ring (bicyclic) bond motifs is 1. The van der Waals surface area contributed by atoms with Gasteiger partial charge in [-0.2, -0.15) is 13.2 Å². The quantitative estimate of drug-likeness (QED) is 0.785. The van der Waals surface area contributed by atoms with E-state index in [0.29, 0.717) is 0 Å². The van der Waals surface area contributed by atoms with Crippen LogP contribution in [0.2, 0.25) is 10.0 Å². The first-order valence-corrected chi connectivity index (χ1v) is 6.94. The number of aliphatic hydroxyl groups is 1. The minimum atomic E-state index is -5.00. The Hall–Kier alpha value is -1.46. The third-order valence-electron chi connectivity index (χ3n) is 3.28. The fraction of sp³-hybridized carbons (Fsp3) is 0.286. The van der Waals surface area contributed by atoms with Gasteiger partial charge < -0.3 is 10.1 Å². The summed E-state index contributed by atoms with van der Waals surface area (Å²) in [5.74, 6) is -0.679. The fourth-order valence-electron chi connectivity index (χ4n) is 2.13. The number of halogens is 5. The van der Waals surface area contributed by atoms with E-state index in [4.69, 9.17) is 23.2 Å². The van der Waals surface area contributed by atoms with E-state index in [0.717, 1.165) is 0 Å². The highest BCUT2D eigenvalue weighted by Gasteiger charge is 2.59. The number of imidazole rings is 1. The van der Waals surface area contributed by atoms with Gasteiger partial charge in [0, 0.05) is 5.57 Å². The highest BCUT2D eigenvalue weighted by Crippen LogP contribution is 2.44. The lowest BCUT2D eigenvalue weighted by Crippen LogP contribution is -2.44. The standard InChI is InChI=1S/C14H11Cl2F3N2O/c1-3-7(4-2)13(22,14(17,18)19)12-20-10-5-8(15)9(16)6-11(10)21-12/h5-6,22H,1,4H2,2H3,(H,20,21). The van der Waals surface area contributed by atoms with Gasteiger partial charge in [0.25, 0.3) is 0 Å². The van der Waals surface area contributed by atoms with Crippen LogP contribution in [0, 0.1) is 0 Å². The van der Waals surface area contributed by atoms with Crippen LogP contribution >= 0.6 is 23.2 Å². The maximum atomic E-state index is 13.5. The number of nitrogens with one attached hydrogen (secondary N) is 1. The van der Waals surface area contributed by atoms with E-state index in [-0.39, 0.29) is 27.5 Å². The Balaban J connectivity index is 2.76. The van der Waals surface area contributed by atoms with Gasteiger partial charge in [-0.15, -0.1) is 5.73 Å². The summed E-state index contributed by atoms with van der Waals surface area (Å²) in [7, 11) is 0. The molecule has 1 heterocycles. The van der Waals surface area contributed by atoms with Crippen molar-refractivity contribution in [1.82, 2.24) is 9.97 Å². The molecule has 0 aliphatic carbocycles. The average molecular weight is 351 g/mol. The molecule has 0 spiro atoms. The van der Waals surface area contributed by atoms with Crippen LogP contribution in [0.15, 0.2) is 30.0 Å². The van der Waals surface area contributed by atoms with Gasteiger partial charge in [-0.3, -0.25) is 0 Å². The third kappa shape index (κ3) is 2.52. The first-order valence-electron chi connectivity index (χ1n) is 6.18. The maximum absolute atomic E-state index is 13.5. The topological polar surface area (TPSA) is 48.9 Å². The zero-order valence-electron chi connectivity index (χ0n) is 11.4. The van der Waals surface area contributed by atoms with Crippen molar-refractivity contribution in [3.8, 4) is 0 Å². The minimum Gasteiger partial charge on any atom is -0.370 e. The molecule has 0 aliphatic rings. The van der Waals surface area contributed by atoms with Crippen LogP contribution in [-0.2, 0) is 5.60 Å². The number of aromatic amines is 1. The first kappa shape index (κ1) is 16.9. The molecule has 1 aromatic carbocycles. The fourth-order valence-corrected chi connectivity index (χ4v) is 2.45. The summed E-state index contributed by atoms with van der Waals surface area (Å²) in [6, 6.07) is 2.66. The van der Waals surface area contributed by atoms with Crippen molar-refractivity contribution in [2.24, 2.45) is 0 Å². The summed E-state index contributed by atoms with van der Waals surface area (Å²) < 4.78 is 40.4. The van der Waals surface area contributed by atoms with Gasteiger partial charge in [0.2, 0.25) is 5.60 Å². The third-order valence-corrected chi connectivity index (χ3v) is 4.00. The lowest BCUT2D eigenvalue weighted by Gasteiger charge is -2.29. The molecule has 2 N–H and O–H groups in total. The van der Waals surface area contributed by atoms with Crippen molar-refractivity contribution in [3.63, 3.8) is 0 Å². The Morgan fingerprint density at radius 2 is 1.95 bits per heavy atom. The number of rotatable bonds is 3. The highest BCUT2D eigenvalue weighted by molar-refractivity contribution is 6.42. The van der Waals surface area contributed by atoms with Crippen molar-refractivity contribution in [2.75, 3.05) is 0 Å². The summed E-state index contributed by atoms with van der Waals surface area (Å²) in [6.45, 7) is 4.67. The Bertz CT molecular complexity index is 739. The SMILES string of the molecule is C=C=C(CC)C(O)(c1nc2cc(Cl)c(Cl)cc2[nH]1)C(F)(F)F. The van der Waals surface area contributed by atoms with Crippen LogP contribution in [-0.4, -0.2) is 21.3 Å². The number of nitrogens with zero attached hydrogens (tertiary/aromatic N) is 1. The van der Waals surface area contributed by atoms with Gasteiger partial charge >= 0.3 is 6.18 Å². The zero-order valence-corrected chi connectivity index (χ0v) is 12.9. The number of benzene rings is 1. The summed E-state index contributed by atoms with van der Waals surface area (Å²) in [5.41, 5.74) is -1.20. The molecule has 1 atom stereocenters. The van der Waals surface area contributed by atoms with Gasteiger partial charge in [-0.25, -0.2) is 4.98 Å². The van der Waals surface area contributed by atoms with Crippen molar-refractivity contribution in [1.29, 1.82) is 0 Å². The normalized spacial score (nSPS) is 14.7. The van der Waals surface area contributed by atoms with Crippen LogP contribution in [0.3, 0.4) is 0 Å². The number of aromatic nitrogens is 2. The molecule has 0 radical (unpaired) electrons. The number of H-pyrrole nitrogens is 1. The van der Waals surface area contributed by atoms with Crippen LogP contribution in [0.1, 0.15) is 19.2 Å².